The van der Waals surface area contributed by atoms with Gasteiger partial charge in [-0.05, 0) is 65.8 Å². The van der Waals surface area contributed by atoms with Gasteiger partial charge in [-0.15, -0.1) is 0 Å². The van der Waals surface area contributed by atoms with Crippen molar-refractivity contribution in [3.63, 3.8) is 0 Å². The minimum absolute atomic E-state index is 0.276. The van der Waals surface area contributed by atoms with Crippen LogP contribution in [0.2, 0.25) is 0 Å². The lowest BCUT2D eigenvalue weighted by Crippen LogP contribution is -2.41. The van der Waals surface area contributed by atoms with E-state index in [2.05, 4.69) is 75.9 Å². The first kappa shape index (κ1) is 16.8. The van der Waals surface area contributed by atoms with Crippen molar-refractivity contribution in [2.24, 2.45) is 0 Å². The van der Waals surface area contributed by atoms with Crippen LogP contribution in [0.15, 0.2) is 24.3 Å². The lowest BCUT2D eigenvalue weighted by molar-refractivity contribution is 0.00578. The van der Waals surface area contributed by atoms with E-state index in [-0.39, 0.29) is 18.3 Å². The second-order valence-electron chi connectivity index (χ2n) is 8.03. The molecule has 2 fully saturated rings. The highest BCUT2D eigenvalue weighted by atomic mass is 16.7. The van der Waals surface area contributed by atoms with Crippen LogP contribution in [0, 0.1) is 0 Å². The number of hydrogen-bond donors (Lipinski definition) is 0. The number of rotatable bonds is 3. The Morgan fingerprint density at radius 3 is 2.09 bits per heavy atom. The fourth-order valence-corrected chi connectivity index (χ4v) is 3.22. The molecule has 5 heteroatoms. The van der Waals surface area contributed by atoms with Gasteiger partial charge in [0.15, 0.2) is 0 Å². The van der Waals surface area contributed by atoms with Crippen molar-refractivity contribution >= 4 is 18.3 Å². The van der Waals surface area contributed by atoms with Crippen molar-refractivity contribution in [2.75, 3.05) is 32.1 Å². The van der Waals surface area contributed by atoms with Crippen LogP contribution < -0.4 is 10.4 Å². The van der Waals surface area contributed by atoms with Crippen LogP contribution in [0.25, 0.3) is 0 Å². The van der Waals surface area contributed by atoms with Crippen molar-refractivity contribution in [1.82, 2.24) is 4.90 Å². The molecule has 0 N–H and O–H groups in total. The van der Waals surface area contributed by atoms with Crippen LogP contribution in [0.1, 0.15) is 34.1 Å². The molecule has 126 valence electrons. The zero-order valence-corrected chi connectivity index (χ0v) is 15.3. The minimum atomic E-state index is -0.287. The molecule has 1 aromatic carbocycles. The molecule has 3 rings (SSSR count). The maximum atomic E-state index is 6.12. The third-order valence-electron chi connectivity index (χ3n) is 5.68. The van der Waals surface area contributed by atoms with Crippen molar-refractivity contribution in [2.45, 2.75) is 51.4 Å². The summed E-state index contributed by atoms with van der Waals surface area (Å²) in [6.45, 7) is 10.6. The van der Waals surface area contributed by atoms with E-state index in [1.54, 1.807) is 0 Å². The first-order chi connectivity index (χ1) is 10.7. The molecule has 0 amide bonds. The highest BCUT2D eigenvalue weighted by Crippen LogP contribution is 2.36. The molecule has 0 aromatic heterocycles. The van der Waals surface area contributed by atoms with Crippen LogP contribution in [-0.2, 0) is 9.31 Å². The first-order valence-electron chi connectivity index (χ1n) is 8.56. The van der Waals surface area contributed by atoms with E-state index in [1.165, 1.54) is 12.1 Å². The third-order valence-corrected chi connectivity index (χ3v) is 5.68. The standard InChI is InChI=1S/C18H29BN2O2/c1-17(2)18(3,4)23-19(22-17)14-7-9-15(10-8-14)21-12-11-16(13-21)20(5)6/h7-10,16H,11-13H2,1-6H3/t16-/m1/s1. The van der Waals surface area contributed by atoms with Crippen LogP contribution in [0.4, 0.5) is 5.69 Å². The van der Waals surface area contributed by atoms with Gasteiger partial charge in [0, 0.05) is 24.8 Å². The van der Waals surface area contributed by atoms with Gasteiger partial charge in [0.05, 0.1) is 11.2 Å². The Kier molecular flexibility index (Phi) is 4.24. The average Bonchev–Trinajstić information content (AvgIpc) is 3.03. The monoisotopic (exact) mass is 316 g/mol. The van der Waals surface area contributed by atoms with Crippen LogP contribution >= 0.6 is 0 Å². The summed E-state index contributed by atoms with van der Waals surface area (Å²) < 4.78 is 12.2. The Bertz CT molecular complexity index is 541. The van der Waals surface area contributed by atoms with Gasteiger partial charge in [-0.1, -0.05) is 12.1 Å². The summed E-state index contributed by atoms with van der Waals surface area (Å²) in [6, 6.07) is 9.32. The summed E-state index contributed by atoms with van der Waals surface area (Å²) >= 11 is 0. The molecule has 1 atom stereocenters. The van der Waals surface area contributed by atoms with E-state index >= 15 is 0 Å². The fourth-order valence-electron chi connectivity index (χ4n) is 3.22. The van der Waals surface area contributed by atoms with Crippen LogP contribution in [0.3, 0.4) is 0 Å². The highest BCUT2D eigenvalue weighted by molar-refractivity contribution is 6.62. The predicted molar refractivity (Wildman–Crippen MR) is 96.5 cm³/mol. The van der Waals surface area contributed by atoms with Crippen molar-refractivity contribution in [1.29, 1.82) is 0 Å². The number of hydrogen-bond acceptors (Lipinski definition) is 4. The summed E-state index contributed by atoms with van der Waals surface area (Å²) in [4.78, 5) is 4.78. The van der Waals surface area contributed by atoms with Gasteiger partial charge in [0.1, 0.15) is 0 Å². The molecule has 2 saturated heterocycles. The molecular weight excluding hydrogens is 287 g/mol. The van der Waals surface area contributed by atoms with Crippen LogP contribution in [0.5, 0.6) is 0 Å². The molecule has 2 heterocycles. The highest BCUT2D eigenvalue weighted by Gasteiger charge is 2.51. The maximum Gasteiger partial charge on any atom is 0.494 e. The van der Waals surface area contributed by atoms with Crippen molar-refractivity contribution < 1.29 is 9.31 Å². The van der Waals surface area contributed by atoms with Gasteiger partial charge < -0.3 is 19.1 Å². The molecule has 4 nitrogen and oxygen atoms in total. The molecule has 0 saturated carbocycles. The maximum absolute atomic E-state index is 6.12. The molecule has 0 radical (unpaired) electrons. The molecular formula is C18H29BN2O2. The number of benzene rings is 1. The molecule has 1 aromatic rings. The van der Waals surface area contributed by atoms with Gasteiger partial charge in [-0.2, -0.15) is 0 Å². The van der Waals surface area contributed by atoms with Gasteiger partial charge in [0.25, 0.3) is 0 Å². The molecule has 0 unspecified atom stereocenters. The summed E-state index contributed by atoms with van der Waals surface area (Å²) in [5.41, 5.74) is 1.81. The van der Waals surface area contributed by atoms with Gasteiger partial charge >= 0.3 is 7.12 Å². The zero-order valence-electron chi connectivity index (χ0n) is 15.3. The Morgan fingerprint density at radius 2 is 1.61 bits per heavy atom. The predicted octanol–water partition coefficient (Wildman–Crippen LogP) is 2.13. The zero-order chi connectivity index (χ0) is 16.8. The van der Waals surface area contributed by atoms with E-state index in [0.29, 0.717) is 6.04 Å². The molecule has 0 aliphatic carbocycles. The van der Waals surface area contributed by atoms with Crippen molar-refractivity contribution in [3.05, 3.63) is 24.3 Å². The van der Waals surface area contributed by atoms with E-state index in [9.17, 15) is 0 Å². The lowest BCUT2D eigenvalue weighted by Gasteiger charge is -2.32. The molecule has 2 aliphatic heterocycles. The Balaban J connectivity index is 1.69. The summed E-state index contributed by atoms with van der Waals surface area (Å²) in [5, 5.41) is 0. The minimum Gasteiger partial charge on any atom is -0.399 e. The summed E-state index contributed by atoms with van der Waals surface area (Å²) in [6.07, 6.45) is 1.23. The Hall–Kier alpha value is -1.04. The smallest absolute Gasteiger partial charge is 0.399 e. The van der Waals surface area contributed by atoms with E-state index in [0.717, 1.165) is 18.6 Å². The largest absolute Gasteiger partial charge is 0.494 e. The van der Waals surface area contributed by atoms with Gasteiger partial charge in [-0.25, -0.2) is 0 Å². The summed E-state index contributed by atoms with van der Waals surface area (Å²) in [5.74, 6) is 0. The topological polar surface area (TPSA) is 24.9 Å². The van der Waals surface area contributed by atoms with Gasteiger partial charge in [-0.3, -0.25) is 0 Å². The number of anilines is 1. The Labute approximate surface area is 140 Å². The quantitative estimate of drug-likeness (QED) is 0.798. The van der Waals surface area contributed by atoms with E-state index in [1.807, 2.05) is 0 Å². The summed E-state index contributed by atoms with van der Waals surface area (Å²) in [7, 11) is 4.05. The SMILES string of the molecule is CN(C)[C@@H]1CCN(c2ccc(B3OC(C)(C)C(C)(C)O3)cc2)C1. The van der Waals surface area contributed by atoms with Crippen molar-refractivity contribution in [3.8, 4) is 0 Å². The number of nitrogens with zero attached hydrogens (tertiary/aromatic N) is 2. The van der Waals surface area contributed by atoms with E-state index in [4.69, 9.17) is 9.31 Å². The molecule has 0 spiro atoms. The second-order valence-corrected chi connectivity index (χ2v) is 8.03. The van der Waals surface area contributed by atoms with E-state index < -0.39 is 0 Å². The first-order valence-corrected chi connectivity index (χ1v) is 8.56. The van der Waals surface area contributed by atoms with Gasteiger partial charge in [0.2, 0.25) is 0 Å². The number of likely N-dealkylation sites (N-methyl/N-ethyl adjacent to an activating group) is 1. The third kappa shape index (κ3) is 3.15. The fraction of sp³-hybridized carbons (Fsp3) is 0.667. The molecule has 2 aliphatic rings. The lowest BCUT2D eigenvalue weighted by atomic mass is 9.79. The normalized spacial score (nSPS) is 26.3. The second kappa shape index (κ2) is 5.80. The molecule has 23 heavy (non-hydrogen) atoms. The van der Waals surface area contributed by atoms with Crippen LogP contribution in [-0.4, -0.2) is 56.4 Å². The Morgan fingerprint density at radius 1 is 1.04 bits per heavy atom. The average molecular weight is 316 g/mol. The molecule has 0 bridgehead atoms.